The number of hydrogen-bond donors (Lipinski definition) is 1. The van der Waals surface area contributed by atoms with Crippen LogP contribution in [0, 0.1) is 10.5 Å². The third-order valence-corrected chi connectivity index (χ3v) is 5.55. The van der Waals surface area contributed by atoms with Crippen LogP contribution in [0.2, 0.25) is 0 Å². The summed E-state index contributed by atoms with van der Waals surface area (Å²) in [6.07, 6.45) is 1.55. The van der Waals surface area contributed by atoms with Crippen molar-refractivity contribution in [1.29, 1.82) is 0 Å². The largest absolute Gasteiger partial charge is 0.493 e. The van der Waals surface area contributed by atoms with Crippen molar-refractivity contribution in [2.45, 2.75) is 13.5 Å². The Morgan fingerprint density at radius 1 is 1.12 bits per heavy atom. The lowest BCUT2D eigenvalue weighted by molar-refractivity contribution is 0.0929. The Labute approximate surface area is 199 Å². The number of carbonyl (C=O) groups excluding carboxylic acids is 1. The van der Waals surface area contributed by atoms with E-state index in [1.807, 2.05) is 48.5 Å². The van der Waals surface area contributed by atoms with Crippen LogP contribution in [0.3, 0.4) is 0 Å². The topological polar surface area (TPSA) is 73.1 Å². The summed E-state index contributed by atoms with van der Waals surface area (Å²) < 4.78 is 18.0. The number of halogens is 1. The average molecular weight is 540 g/mol. The number of carbonyl (C=O) groups is 1. The van der Waals surface area contributed by atoms with Gasteiger partial charge in [0.1, 0.15) is 12.2 Å². The summed E-state index contributed by atoms with van der Waals surface area (Å²) in [5.74, 6) is 1.04. The van der Waals surface area contributed by atoms with Gasteiger partial charge in [0.2, 0.25) is 0 Å². The molecule has 162 valence electrons. The van der Waals surface area contributed by atoms with Crippen LogP contribution in [0.1, 0.15) is 27.2 Å². The first kappa shape index (κ1) is 21.9. The third kappa shape index (κ3) is 5.11. The number of methoxy groups -OCH3 is 1. The lowest BCUT2D eigenvalue weighted by atomic mass is 10.1. The molecule has 0 spiro atoms. The predicted octanol–water partition coefficient (Wildman–Crippen LogP) is 5.70. The maximum Gasteiger partial charge on any atom is 0.307 e. The van der Waals surface area contributed by atoms with Crippen LogP contribution in [0.15, 0.2) is 76.2 Å². The van der Waals surface area contributed by atoms with E-state index in [0.29, 0.717) is 23.7 Å². The van der Waals surface area contributed by atoms with Gasteiger partial charge in [0.25, 0.3) is 0 Å². The summed E-state index contributed by atoms with van der Waals surface area (Å²) in [5.41, 5.74) is 6.18. The SMILES string of the molecule is COc1cc(/C=N/NC(=O)c2cc3ccccc3o2)cc(I)c1OCc1cccc(C)c1. The van der Waals surface area contributed by atoms with Gasteiger partial charge in [-0.25, -0.2) is 5.43 Å². The van der Waals surface area contributed by atoms with Gasteiger partial charge in [0, 0.05) is 5.39 Å². The second kappa shape index (κ2) is 9.86. The molecule has 32 heavy (non-hydrogen) atoms. The van der Waals surface area contributed by atoms with Crippen LogP contribution in [0.4, 0.5) is 0 Å². The Bertz CT molecular complexity index is 1260. The quantitative estimate of drug-likeness (QED) is 0.186. The van der Waals surface area contributed by atoms with Crippen LogP contribution >= 0.6 is 22.6 Å². The van der Waals surface area contributed by atoms with E-state index in [1.54, 1.807) is 19.4 Å². The molecule has 1 N–H and O–H groups in total. The molecule has 6 nitrogen and oxygen atoms in total. The summed E-state index contributed by atoms with van der Waals surface area (Å²) in [4.78, 5) is 12.3. The van der Waals surface area contributed by atoms with E-state index in [0.717, 1.165) is 20.1 Å². The van der Waals surface area contributed by atoms with Gasteiger partial charge in [-0.15, -0.1) is 0 Å². The van der Waals surface area contributed by atoms with Crippen LogP contribution in [0.5, 0.6) is 11.5 Å². The van der Waals surface area contributed by atoms with E-state index in [9.17, 15) is 4.79 Å². The maximum atomic E-state index is 12.3. The van der Waals surface area contributed by atoms with Crippen LogP contribution < -0.4 is 14.9 Å². The van der Waals surface area contributed by atoms with Gasteiger partial charge in [-0.05, 0) is 64.9 Å². The Hall–Kier alpha value is -3.33. The van der Waals surface area contributed by atoms with Crippen LogP contribution in [-0.4, -0.2) is 19.2 Å². The number of amides is 1. The number of nitrogens with one attached hydrogen (secondary N) is 1. The summed E-state index contributed by atoms with van der Waals surface area (Å²) in [6, 6.07) is 21.0. The van der Waals surface area contributed by atoms with Gasteiger partial charge in [0.15, 0.2) is 17.3 Å². The smallest absolute Gasteiger partial charge is 0.307 e. The molecule has 0 bridgehead atoms. The van der Waals surface area contributed by atoms with Gasteiger partial charge >= 0.3 is 5.91 Å². The summed E-state index contributed by atoms with van der Waals surface area (Å²) in [7, 11) is 1.59. The molecule has 0 aliphatic rings. The number of hydrogen-bond acceptors (Lipinski definition) is 5. The molecule has 7 heteroatoms. The van der Waals surface area contributed by atoms with E-state index < -0.39 is 5.91 Å². The third-order valence-electron chi connectivity index (χ3n) is 4.75. The number of benzene rings is 3. The van der Waals surface area contributed by atoms with Crippen LogP contribution in [0.25, 0.3) is 11.0 Å². The Morgan fingerprint density at radius 3 is 2.75 bits per heavy atom. The molecular weight excluding hydrogens is 519 g/mol. The standard InChI is InChI=1S/C25H21IN2O4/c1-16-6-5-7-17(10-16)15-31-24-20(26)11-18(12-22(24)30-2)14-27-28-25(29)23-13-19-8-3-4-9-21(19)32-23/h3-14H,15H2,1-2H3,(H,28,29)/b27-14+. The molecule has 1 aromatic heterocycles. The highest BCUT2D eigenvalue weighted by Gasteiger charge is 2.13. The molecule has 0 saturated heterocycles. The van der Waals surface area contributed by atoms with Crippen molar-refractivity contribution in [3.63, 3.8) is 0 Å². The van der Waals surface area contributed by atoms with E-state index in [1.165, 1.54) is 5.56 Å². The molecule has 1 heterocycles. The maximum absolute atomic E-state index is 12.3. The first-order chi connectivity index (χ1) is 15.5. The van der Waals surface area contributed by atoms with Crippen molar-refractivity contribution < 1.29 is 18.7 Å². The van der Waals surface area contributed by atoms with Crippen LogP contribution in [-0.2, 0) is 6.61 Å². The molecule has 0 atom stereocenters. The summed E-state index contributed by atoms with van der Waals surface area (Å²) in [5, 5.41) is 4.92. The number of para-hydroxylation sites is 1. The van der Waals surface area contributed by atoms with Crippen molar-refractivity contribution in [3.8, 4) is 11.5 Å². The highest BCUT2D eigenvalue weighted by Crippen LogP contribution is 2.34. The molecule has 1 amide bonds. The van der Waals surface area contributed by atoms with E-state index in [-0.39, 0.29) is 5.76 Å². The predicted molar refractivity (Wildman–Crippen MR) is 132 cm³/mol. The number of hydrazone groups is 1. The highest BCUT2D eigenvalue weighted by atomic mass is 127. The number of ether oxygens (including phenoxy) is 2. The minimum Gasteiger partial charge on any atom is -0.493 e. The second-order valence-corrected chi connectivity index (χ2v) is 8.32. The first-order valence-electron chi connectivity index (χ1n) is 9.91. The van der Waals surface area contributed by atoms with Gasteiger partial charge in [-0.3, -0.25) is 4.79 Å². The highest BCUT2D eigenvalue weighted by molar-refractivity contribution is 14.1. The fourth-order valence-corrected chi connectivity index (χ4v) is 4.01. The molecule has 3 aromatic carbocycles. The zero-order valence-electron chi connectivity index (χ0n) is 17.6. The molecule has 0 unspecified atom stereocenters. The van der Waals surface area contributed by atoms with E-state index >= 15 is 0 Å². The molecule has 0 saturated carbocycles. The fraction of sp³-hybridized carbons (Fsp3) is 0.120. The van der Waals surface area contributed by atoms with Crippen molar-refractivity contribution in [2.24, 2.45) is 5.10 Å². The number of furan rings is 1. The normalized spacial score (nSPS) is 11.1. The molecule has 0 aliphatic carbocycles. The Kier molecular flexibility index (Phi) is 6.75. The molecule has 4 rings (SSSR count). The minimum atomic E-state index is -0.419. The lowest BCUT2D eigenvalue weighted by Crippen LogP contribution is -2.16. The Balaban J connectivity index is 1.44. The molecule has 0 fully saturated rings. The second-order valence-electron chi connectivity index (χ2n) is 7.16. The number of rotatable bonds is 7. The minimum absolute atomic E-state index is 0.204. The average Bonchev–Trinajstić information content (AvgIpc) is 3.22. The number of nitrogens with zero attached hydrogens (tertiary/aromatic N) is 1. The molecular formula is C25H21IN2O4. The van der Waals surface area contributed by atoms with Crippen molar-refractivity contribution in [3.05, 3.63) is 92.8 Å². The molecule has 0 aliphatic heterocycles. The first-order valence-corrected chi connectivity index (χ1v) is 11.0. The van der Waals surface area contributed by atoms with Crippen molar-refractivity contribution >= 4 is 45.7 Å². The number of fused-ring (bicyclic) bond motifs is 1. The van der Waals surface area contributed by atoms with Gasteiger partial charge in [0.05, 0.1) is 16.9 Å². The molecule has 4 aromatic rings. The van der Waals surface area contributed by atoms with Gasteiger partial charge in [-0.2, -0.15) is 5.10 Å². The van der Waals surface area contributed by atoms with Crippen molar-refractivity contribution in [1.82, 2.24) is 5.43 Å². The monoisotopic (exact) mass is 540 g/mol. The zero-order valence-corrected chi connectivity index (χ0v) is 19.8. The van der Waals surface area contributed by atoms with Crippen molar-refractivity contribution in [2.75, 3.05) is 7.11 Å². The van der Waals surface area contributed by atoms with E-state index in [4.69, 9.17) is 13.9 Å². The van der Waals surface area contributed by atoms with Gasteiger partial charge in [-0.1, -0.05) is 48.0 Å². The Morgan fingerprint density at radius 2 is 1.97 bits per heavy atom. The summed E-state index contributed by atoms with van der Waals surface area (Å²) in [6.45, 7) is 2.49. The van der Waals surface area contributed by atoms with E-state index in [2.05, 4.69) is 52.2 Å². The lowest BCUT2D eigenvalue weighted by Gasteiger charge is -2.14. The summed E-state index contributed by atoms with van der Waals surface area (Å²) >= 11 is 2.20. The molecule has 0 radical (unpaired) electrons. The number of aryl methyl sites for hydroxylation is 1. The zero-order chi connectivity index (χ0) is 22.5. The van der Waals surface area contributed by atoms with Gasteiger partial charge < -0.3 is 13.9 Å². The fourth-order valence-electron chi connectivity index (χ4n) is 3.23.